The molecule has 1 rings (SSSR count). The van der Waals surface area contributed by atoms with Crippen molar-refractivity contribution in [1.82, 2.24) is 10.0 Å². The molecule has 1 saturated heterocycles. The van der Waals surface area contributed by atoms with Crippen LogP contribution in [0.3, 0.4) is 0 Å². The monoisotopic (exact) mass is 312 g/mol. The van der Waals surface area contributed by atoms with Crippen molar-refractivity contribution in [2.45, 2.75) is 38.6 Å². The van der Waals surface area contributed by atoms with Crippen molar-refractivity contribution in [2.75, 3.05) is 30.3 Å². The van der Waals surface area contributed by atoms with Crippen LogP contribution in [0.15, 0.2) is 0 Å². The largest absolute Gasteiger partial charge is 0.317 e. The Bertz CT molecular complexity index is 487. The van der Waals surface area contributed by atoms with Gasteiger partial charge in [-0.2, -0.15) is 0 Å². The van der Waals surface area contributed by atoms with Crippen molar-refractivity contribution < 1.29 is 16.8 Å². The van der Waals surface area contributed by atoms with Crippen LogP contribution in [-0.4, -0.2) is 52.7 Å². The molecule has 1 aliphatic rings. The van der Waals surface area contributed by atoms with E-state index in [0.717, 1.165) is 13.0 Å². The number of sulfone groups is 1. The lowest BCUT2D eigenvalue weighted by molar-refractivity contribution is 0.460. The molecule has 2 N–H and O–H groups in total. The van der Waals surface area contributed by atoms with Gasteiger partial charge in [0, 0.05) is 5.54 Å². The summed E-state index contributed by atoms with van der Waals surface area (Å²) < 4.78 is 49.2. The van der Waals surface area contributed by atoms with Gasteiger partial charge in [0.1, 0.15) is 0 Å². The molecule has 1 atom stereocenters. The van der Waals surface area contributed by atoms with Gasteiger partial charge < -0.3 is 5.32 Å². The van der Waals surface area contributed by atoms with Crippen LogP contribution >= 0.6 is 0 Å². The summed E-state index contributed by atoms with van der Waals surface area (Å²) in [5.74, 6) is -0.0171. The minimum Gasteiger partial charge on any atom is -0.317 e. The fourth-order valence-corrected chi connectivity index (χ4v) is 5.94. The van der Waals surface area contributed by atoms with E-state index >= 15 is 0 Å². The van der Waals surface area contributed by atoms with E-state index in [4.69, 9.17) is 0 Å². The van der Waals surface area contributed by atoms with E-state index in [-0.39, 0.29) is 17.3 Å². The molecule has 8 heteroatoms. The fraction of sp³-hybridized carbons (Fsp3) is 1.00. The first-order valence-electron chi connectivity index (χ1n) is 6.61. The van der Waals surface area contributed by atoms with E-state index in [1.165, 1.54) is 0 Å². The van der Waals surface area contributed by atoms with E-state index in [2.05, 4.69) is 10.0 Å². The van der Waals surface area contributed by atoms with Crippen LogP contribution in [0.2, 0.25) is 0 Å². The number of hydrogen-bond acceptors (Lipinski definition) is 5. The Morgan fingerprint density at radius 3 is 2.47 bits per heavy atom. The van der Waals surface area contributed by atoms with Crippen LogP contribution in [0.4, 0.5) is 0 Å². The summed E-state index contributed by atoms with van der Waals surface area (Å²) in [5.41, 5.74) is -0.839. The van der Waals surface area contributed by atoms with Gasteiger partial charge in [-0.15, -0.1) is 0 Å². The molecule has 0 aliphatic carbocycles. The summed E-state index contributed by atoms with van der Waals surface area (Å²) in [7, 11) is -6.51. The average Bonchev–Trinajstić information content (AvgIpc) is 2.51. The van der Waals surface area contributed by atoms with E-state index in [1.54, 1.807) is 6.92 Å². The molecule has 19 heavy (non-hydrogen) atoms. The van der Waals surface area contributed by atoms with E-state index < -0.39 is 25.4 Å². The third-order valence-electron chi connectivity index (χ3n) is 3.10. The summed E-state index contributed by atoms with van der Waals surface area (Å²) in [6.07, 6.45) is 1.89. The van der Waals surface area contributed by atoms with Gasteiger partial charge in [0.15, 0.2) is 9.84 Å². The van der Waals surface area contributed by atoms with E-state index in [1.807, 2.05) is 6.92 Å². The average molecular weight is 312 g/mol. The standard InChI is InChI=1S/C11H24N2O4S2/c1-3-6-12-7-4-8-19(16,17)13-11(2)5-9-18(14,15)10-11/h12-13H,3-10H2,1-2H3. The van der Waals surface area contributed by atoms with Gasteiger partial charge in [0.2, 0.25) is 10.0 Å². The molecule has 0 aromatic heterocycles. The Kier molecular flexibility index (Phi) is 5.78. The number of nitrogens with one attached hydrogen (secondary N) is 2. The number of rotatable bonds is 8. The lowest BCUT2D eigenvalue weighted by atomic mass is 10.0. The highest BCUT2D eigenvalue weighted by Gasteiger charge is 2.40. The molecule has 0 saturated carbocycles. The molecular weight excluding hydrogens is 288 g/mol. The predicted octanol–water partition coefficient (Wildman–Crippen LogP) is -0.127. The van der Waals surface area contributed by atoms with Gasteiger partial charge in [0.05, 0.1) is 17.3 Å². The predicted molar refractivity (Wildman–Crippen MR) is 76.4 cm³/mol. The molecule has 1 heterocycles. The first-order valence-corrected chi connectivity index (χ1v) is 10.1. The molecule has 114 valence electrons. The molecule has 1 aliphatic heterocycles. The summed E-state index contributed by atoms with van der Waals surface area (Å²) in [6.45, 7) is 5.24. The molecule has 0 aromatic carbocycles. The van der Waals surface area contributed by atoms with Crippen molar-refractivity contribution in [1.29, 1.82) is 0 Å². The van der Waals surface area contributed by atoms with Crippen molar-refractivity contribution in [3.8, 4) is 0 Å². The minimum absolute atomic E-state index is 0.0271. The van der Waals surface area contributed by atoms with Gasteiger partial charge >= 0.3 is 0 Å². The molecule has 0 aromatic rings. The van der Waals surface area contributed by atoms with Crippen LogP contribution < -0.4 is 10.0 Å². The first-order chi connectivity index (χ1) is 8.68. The fourth-order valence-electron chi connectivity index (χ4n) is 2.21. The zero-order chi connectivity index (χ0) is 14.6. The normalized spacial score (nSPS) is 26.6. The maximum Gasteiger partial charge on any atom is 0.212 e. The first kappa shape index (κ1) is 16.9. The van der Waals surface area contributed by atoms with Crippen LogP contribution in [0.25, 0.3) is 0 Å². The molecule has 0 bridgehead atoms. The summed E-state index contributed by atoms with van der Waals surface area (Å²) >= 11 is 0. The van der Waals surface area contributed by atoms with Crippen molar-refractivity contribution in [2.24, 2.45) is 0 Å². The maximum atomic E-state index is 11.9. The SMILES string of the molecule is CCCNCCCS(=O)(=O)NC1(C)CCS(=O)(=O)C1. The highest BCUT2D eigenvalue weighted by molar-refractivity contribution is 7.92. The van der Waals surface area contributed by atoms with Crippen LogP contribution in [0, 0.1) is 0 Å². The van der Waals surface area contributed by atoms with Gasteiger partial charge in [-0.25, -0.2) is 21.6 Å². The second kappa shape index (κ2) is 6.51. The molecule has 6 nitrogen and oxygen atoms in total. The Morgan fingerprint density at radius 1 is 1.26 bits per heavy atom. The van der Waals surface area contributed by atoms with Crippen molar-refractivity contribution >= 4 is 19.9 Å². The molecular formula is C11H24N2O4S2. The zero-order valence-electron chi connectivity index (χ0n) is 11.6. The zero-order valence-corrected chi connectivity index (χ0v) is 13.2. The number of hydrogen-bond donors (Lipinski definition) is 2. The lowest BCUT2D eigenvalue weighted by Crippen LogP contribution is -2.47. The van der Waals surface area contributed by atoms with Crippen LogP contribution in [0.1, 0.15) is 33.1 Å². The highest BCUT2D eigenvalue weighted by Crippen LogP contribution is 2.23. The van der Waals surface area contributed by atoms with Crippen molar-refractivity contribution in [3.05, 3.63) is 0 Å². The van der Waals surface area contributed by atoms with Gasteiger partial charge in [-0.3, -0.25) is 0 Å². The van der Waals surface area contributed by atoms with Gasteiger partial charge in [-0.1, -0.05) is 6.92 Å². The van der Waals surface area contributed by atoms with Crippen LogP contribution in [-0.2, 0) is 19.9 Å². The minimum atomic E-state index is -3.42. The topological polar surface area (TPSA) is 92.3 Å². The third-order valence-corrected chi connectivity index (χ3v) is 6.63. The quantitative estimate of drug-likeness (QED) is 0.609. The summed E-state index contributed by atoms with van der Waals surface area (Å²) in [4.78, 5) is 0. The van der Waals surface area contributed by atoms with E-state index in [9.17, 15) is 16.8 Å². The van der Waals surface area contributed by atoms with E-state index in [0.29, 0.717) is 19.4 Å². The highest BCUT2D eigenvalue weighted by atomic mass is 32.2. The third kappa shape index (κ3) is 6.20. The van der Waals surface area contributed by atoms with Gasteiger partial charge in [0.25, 0.3) is 0 Å². The Labute approximate surface area is 116 Å². The molecule has 0 spiro atoms. The van der Waals surface area contributed by atoms with Gasteiger partial charge in [-0.05, 0) is 39.3 Å². The molecule has 0 amide bonds. The second-order valence-corrected chi connectivity index (χ2v) is 9.45. The Morgan fingerprint density at radius 2 is 1.95 bits per heavy atom. The summed E-state index contributed by atoms with van der Waals surface area (Å²) in [5, 5.41) is 3.14. The smallest absolute Gasteiger partial charge is 0.212 e. The summed E-state index contributed by atoms with van der Waals surface area (Å²) in [6, 6.07) is 0. The Hall–Kier alpha value is -0.180. The lowest BCUT2D eigenvalue weighted by Gasteiger charge is -2.23. The number of sulfonamides is 1. The van der Waals surface area contributed by atoms with Crippen LogP contribution in [0.5, 0.6) is 0 Å². The molecule has 0 radical (unpaired) electrons. The molecule has 1 fully saturated rings. The second-order valence-electron chi connectivity index (χ2n) is 5.43. The maximum absolute atomic E-state index is 11.9. The molecule has 1 unspecified atom stereocenters. The Balaban J connectivity index is 2.42. The van der Waals surface area contributed by atoms with Crippen molar-refractivity contribution in [3.63, 3.8) is 0 Å².